The van der Waals surface area contributed by atoms with Gasteiger partial charge in [0.1, 0.15) is 0 Å². The van der Waals surface area contributed by atoms with Crippen LogP contribution in [0.2, 0.25) is 0 Å². The molecule has 1 atom stereocenters. The minimum atomic E-state index is -3.53. The van der Waals surface area contributed by atoms with E-state index in [4.69, 9.17) is 4.74 Å². The van der Waals surface area contributed by atoms with Crippen molar-refractivity contribution in [1.29, 1.82) is 0 Å². The molecule has 0 aromatic carbocycles. The predicted molar refractivity (Wildman–Crippen MR) is 85.5 cm³/mol. The summed E-state index contributed by atoms with van der Waals surface area (Å²) in [6.45, 7) is 7.10. The van der Waals surface area contributed by atoms with Crippen LogP contribution < -0.4 is 0 Å². The summed E-state index contributed by atoms with van der Waals surface area (Å²) >= 11 is 0. The molecule has 0 saturated heterocycles. The highest BCUT2D eigenvalue weighted by Crippen LogP contribution is 2.06. The van der Waals surface area contributed by atoms with Crippen molar-refractivity contribution in [2.45, 2.75) is 45.6 Å². The first kappa shape index (κ1) is 21.6. The third-order valence-corrected chi connectivity index (χ3v) is 4.68. The number of carbonyl (C=O) groups is 2. The summed E-state index contributed by atoms with van der Waals surface area (Å²) in [4.78, 5) is 22.7. The van der Waals surface area contributed by atoms with Gasteiger partial charge < -0.3 is 14.6 Å². The van der Waals surface area contributed by atoms with Crippen molar-refractivity contribution in [1.82, 2.24) is 0 Å². The molecular weight excluding hydrogens is 324 g/mol. The summed E-state index contributed by atoms with van der Waals surface area (Å²) in [6.07, 6.45) is 0.512. The van der Waals surface area contributed by atoms with Gasteiger partial charge in [-0.25, -0.2) is 13.2 Å². The van der Waals surface area contributed by atoms with E-state index in [0.717, 1.165) is 0 Å². The number of rotatable bonds is 12. The second kappa shape index (κ2) is 11.2. The van der Waals surface area contributed by atoms with Crippen LogP contribution >= 0.6 is 0 Å². The fourth-order valence-corrected chi connectivity index (χ4v) is 3.03. The Balaban J connectivity index is 4.03. The average Bonchev–Trinajstić information content (AvgIpc) is 2.46. The van der Waals surface area contributed by atoms with Gasteiger partial charge in [-0.3, -0.25) is 4.79 Å². The summed E-state index contributed by atoms with van der Waals surface area (Å²) in [6, 6.07) is 0. The zero-order valence-corrected chi connectivity index (χ0v) is 14.6. The smallest absolute Gasteiger partial charge is 0.334 e. The lowest BCUT2D eigenvalue weighted by molar-refractivity contribution is -0.144. The maximum absolute atomic E-state index is 11.8. The molecule has 0 aliphatic heterocycles. The molecule has 134 valence electrons. The van der Waals surface area contributed by atoms with Crippen molar-refractivity contribution in [3.63, 3.8) is 0 Å². The molecule has 0 bridgehead atoms. The third kappa shape index (κ3) is 10.9. The van der Waals surface area contributed by atoms with Gasteiger partial charge in [0.25, 0.3) is 0 Å². The van der Waals surface area contributed by atoms with Crippen LogP contribution in [-0.4, -0.2) is 56.3 Å². The Hall–Kier alpha value is -1.41. The van der Waals surface area contributed by atoms with E-state index in [1.165, 1.54) is 0 Å². The van der Waals surface area contributed by atoms with Gasteiger partial charge >= 0.3 is 11.9 Å². The SMILES string of the molecule is C=C(CS(=O)(=O)CCCC(=O)OCCC(O)CC)C(=O)OCC. The third-order valence-electron chi connectivity index (χ3n) is 2.98. The van der Waals surface area contributed by atoms with Gasteiger partial charge in [0.05, 0.1) is 30.8 Å². The largest absolute Gasteiger partial charge is 0.466 e. The highest BCUT2D eigenvalue weighted by molar-refractivity contribution is 7.91. The summed E-state index contributed by atoms with van der Waals surface area (Å²) in [5.41, 5.74) is -0.122. The lowest BCUT2D eigenvalue weighted by Gasteiger charge is -2.09. The number of aliphatic hydroxyl groups excluding tert-OH is 1. The molecule has 0 aromatic heterocycles. The van der Waals surface area contributed by atoms with E-state index >= 15 is 0 Å². The standard InChI is InChI=1S/C15H26O7S/c1-4-13(16)8-9-22-14(17)7-6-10-23(19,20)11-12(3)15(18)21-5-2/h13,16H,3-11H2,1-2H3. The molecule has 0 amide bonds. The zero-order chi connectivity index (χ0) is 17.9. The maximum atomic E-state index is 11.8. The minimum Gasteiger partial charge on any atom is -0.466 e. The molecule has 0 saturated carbocycles. The number of ether oxygens (including phenoxy) is 2. The number of sulfone groups is 1. The molecule has 7 nitrogen and oxygen atoms in total. The molecule has 1 N–H and O–H groups in total. The van der Waals surface area contributed by atoms with Gasteiger partial charge in [0.2, 0.25) is 0 Å². The van der Waals surface area contributed by atoms with Crippen LogP contribution in [0.5, 0.6) is 0 Å². The number of aliphatic hydroxyl groups is 1. The normalized spacial score (nSPS) is 12.5. The fourth-order valence-electron chi connectivity index (χ4n) is 1.65. The van der Waals surface area contributed by atoms with Crippen molar-refractivity contribution in [3.05, 3.63) is 12.2 Å². The van der Waals surface area contributed by atoms with E-state index in [-0.39, 0.29) is 37.4 Å². The first-order chi connectivity index (χ1) is 10.7. The summed E-state index contributed by atoms with van der Waals surface area (Å²) in [5, 5.41) is 9.30. The predicted octanol–water partition coefficient (Wildman–Crippen LogP) is 1.00. The van der Waals surface area contributed by atoms with Crippen molar-refractivity contribution >= 4 is 21.8 Å². The summed E-state index contributed by atoms with van der Waals surface area (Å²) in [7, 11) is -3.53. The number of hydrogen-bond donors (Lipinski definition) is 1. The van der Waals surface area contributed by atoms with Crippen LogP contribution in [0.1, 0.15) is 39.5 Å². The van der Waals surface area contributed by atoms with Crippen LogP contribution in [0.25, 0.3) is 0 Å². The van der Waals surface area contributed by atoms with Crippen LogP contribution in [0.15, 0.2) is 12.2 Å². The second-order valence-electron chi connectivity index (χ2n) is 5.09. The molecule has 0 aliphatic carbocycles. The minimum absolute atomic E-state index is 0.0344. The molecule has 8 heteroatoms. The molecule has 0 aliphatic rings. The number of hydrogen-bond acceptors (Lipinski definition) is 7. The molecule has 23 heavy (non-hydrogen) atoms. The van der Waals surface area contributed by atoms with E-state index < -0.39 is 33.6 Å². The van der Waals surface area contributed by atoms with Gasteiger partial charge in [0.15, 0.2) is 9.84 Å². The molecule has 0 radical (unpaired) electrons. The Labute approximate surface area is 137 Å². The number of carbonyl (C=O) groups excluding carboxylic acids is 2. The molecule has 0 rings (SSSR count). The zero-order valence-electron chi connectivity index (χ0n) is 13.7. The Morgan fingerprint density at radius 2 is 1.87 bits per heavy atom. The first-order valence-corrected chi connectivity index (χ1v) is 9.43. The van der Waals surface area contributed by atoms with Gasteiger partial charge in [0, 0.05) is 18.4 Å². The van der Waals surface area contributed by atoms with E-state index in [2.05, 4.69) is 11.3 Å². The average molecular weight is 350 g/mol. The first-order valence-electron chi connectivity index (χ1n) is 7.60. The van der Waals surface area contributed by atoms with E-state index in [9.17, 15) is 23.1 Å². The van der Waals surface area contributed by atoms with Crippen molar-refractivity contribution < 1.29 is 32.6 Å². The molecule has 1 unspecified atom stereocenters. The molecule has 0 spiro atoms. The van der Waals surface area contributed by atoms with E-state index in [1.54, 1.807) is 6.92 Å². The van der Waals surface area contributed by atoms with Crippen molar-refractivity contribution in [2.75, 3.05) is 24.7 Å². The van der Waals surface area contributed by atoms with Gasteiger partial charge in [-0.1, -0.05) is 13.5 Å². The van der Waals surface area contributed by atoms with Gasteiger partial charge in [-0.05, 0) is 19.8 Å². The number of esters is 2. The van der Waals surface area contributed by atoms with Crippen LogP contribution in [0.4, 0.5) is 0 Å². The molecule has 0 aromatic rings. The summed E-state index contributed by atoms with van der Waals surface area (Å²) < 4.78 is 33.2. The Kier molecular flexibility index (Phi) is 10.5. The lowest BCUT2D eigenvalue weighted by Crippen LogP contribution is -2.19. The highest BCUT2D eigenvalue weighted by atomic mass is 32.2. The van der Waals surface area contributed by atoms with Crippen LogP contribution in [0.3, 0.4) is 0 Å². The Morgan fingerprint density at radius 1 is 1.22 bits per heavy atom. The maximum Gasteiger partial charge on any atom is 0.334 e. The quantitative estimate of drug-likeness (QED) is 0.413. The highest BCUT2D eigenvalue weighted by Gasteiger charge is 2.18. The van der Waals surface area contributed by atoms with Crippen molar-refractivity contribution in [3.8, 4) is 0 Å². The second-order valence-corrected chi connectivity index (χ2v) is 7.27. The van der Waals surface area contributed by atoms with E-state index in [0.29, 0.717) is 12.8 Å². The Bertz CT molecular complexity index is 496. The monoisotopic (exact) mass is 350 g/mol. The van der Waals surface area contributed by atoms with Crippen LogP contribution in [-0.2, 0) is 28.9 Å². The fraction of sp³-hybridized carbons (Fsp3) is 0.733. The molecule has 0 fully saturated rings. The van der Waals surface area contributed by atoms with E-state index in [1.807, 2.05) is 6.92 Å². The van der Waals surface area contributed by atoms with Gasteiger partial charge in [-0.2, -0.15) is 0 Å². The lowest BCUT2D eigenvalue weighted by atomic mass is 10.2. The Morgan fingerprint density at radius 3 is 2.43 bits per heavy atom. The topological polar surface area (TPSA) is 107 Å². The van der Waals surface area contributed by atoms with Crippen molar-refractivity contribution in [2.24, 2.45) is 0 Å². The molecule has 0 heterocycles. The molecular formula is C15H26O7S. The van der Waals surface area contributed by atoms with Gasteiger partial charge in [-0.15, -0.1) is 0 Å². The summed E-state index contributed by atoms with van der Waals surface area (Å²) in [5.74, 6) is -1.96. The van der Waals surface area contributed by atoms with Crippen LogP contribution in [0, 0.1) is 0 Å².